The van der Waals surface area contributed by atoms with Gasteiger partial charge in [0.15, 0.2) is 0 Å². The molecule has 0 fully saturated rings. The van der Waals surface area contributed by atoms with Crippen LogP contribution in [0.15, 0.2) is 24.3 Å². The van der Waals surface area contributed by atoms with E-state index in [0.29, 0.717) is 5.92 Å². The summed E-state index contributed by atoms with van der Waals surface area (Å²) in [6, 6.07) is 8.38. The third-order valence-corrected chi connectivity index (χ3v) is 3.25. The highest BCUT2D eigenvalue weighted by molar-refractivity contribution is 5.27. The first-order chi connectivity index (χ1) is 9.65. The van der Waals surface area contributed by atoms with Crippen molar-refractivity contribution in [1.29, 1.82) is 0 Å². The number of hydrogen-bond acceptors (Lipinski definition) is 3. The van der Waals surface area contributed by atoms with Crippen LogP contribution in [0.25, 0.3) is 0 Å². The van der Waals surface area contributed by atoms with Crippen LogP contribution in [0, 0.1) is 5.92 Å². The number of nitrogens with zero attached hydrogens (tertiary/aromatic N) is 1. The highest BCUT2D eigenvalue weighted by Crippen LogP contribution is 2.12. The van der Waals surface area contributed by atoms with Crippen LogP contribution >= 0.6 is 0 Å². The van der Waals surface area contributed by atoms with Gasteiger partial charge in [0.05, 0.1) is 0 Å². The normalized spacial score (nSPS) is 11.3. The molecule has 1 rings (SSSR count). The molecule has 0 saturated carbocycles. The predicted molar refractivity (Wildman–Crippen MR) is 86.3 cm³/mol. The molecule has 1 aromatic carbocycles. The van der Waals surface area contributed by atoms with Crippen molar-refractivity contribution in [3.63, 3.8) is 0 Å². The molecule has 0 amide bonds. The van der Waals surface area contributed by atoms with Crippen molar-refractivity contribution in [3.8, 4) is 5.75 Å². The largest absolute Gasteiger partial charge is 0.492 e. The summed E-state index contributed by atoms with van der Waals surface area (Å²) in [5.74, 6) is 1.67. The minimum absolute atomic E-state index is 0.709. The van der Waals surface area contributed by atoms with E-state index in [1.165, 1.54) is 5.56 Å². The second-order valence-corrected chi connectivity index (χ2v) is 5.56. The van der Waals surface area contributed by atoms with E-state index in [2.05, 4.69) is 62.2 Å². The number of nitrogens with one attached hydrogen (secondary N) is 1. The van der Waals surface area contributed by atoms with Crippen LogP contribution in [0.3, 0.4) is 0 Å². The number of rotatable bonds is 10. The minimum atomic E-state index is 0.709. The lowest BCUT2D eigenvalue weighted by molar-refractivity contribution is 0.200. The summed E-state index contributed by atoms with van der Waals surface area (Å²) < 4.78 is 5.82. The van der Waals surface area contributed by atoms with Gasteiger partial charge in [0.25, 0.3) is 0 Å². The molecule has 0 aliphatic heterocycles. The maximum absolute atomic E-state index is 5.82. The Balaban J connectivity index is 2.30. The SMILES string of the molecule is CCNCc1ccc(OCCN(CC)CC(C)C)cc1. The van der Waals surface area contributed by atoms with Crippen LogP contribution in [0.1, 0.15) is 33.3 Å². The fourth-order valence-corrected chi connectivity index (χ4v) is 2.16. The first kappa shape index (κ1) is 17.0. The maximum atomic E-state index is 5.82. The Morgan fingerprint density at radius 3 is 2.40 bits per heavy atom. The fourth-order valence-electron chi connectivity index (χ4n) is 2.16. The summed E-state index contributed by atoms with van der Waals surface area (Å²) in [5, 5.41) is 3.32. The lowest BCUT2D eigenvalue weighted by Crippen LogP contribution is -2.31. The first-order valence-corrected chi connectivity index (χ1v) is 7.80. The topological polar surface area (TPSA) is 24.5 Å². The predicted octanol–water partition coefficient (Wildman–Crippen LogP) is 3.15. The van der Waals surface area contributed by atoms with E-state index in [9.17, 15) is 0 Å². The standard InChI is InChI=1S/C17H30N2O/c1-5-18-13-16-7-9-17(10-8-16)20-12-11-19(6-2)14-15(3)4/h7-10,15,18H,5-6,11-14H2,1-4H3. The smallest absolute Gasteiger partial charge is 0.119 e. The molecular weight excluding hydrogens is 248 g/mol. The zero-order chi connectivity index (χ0) is 14.8. The highest BCUT2D eigenvalue weighted by Gasteiger charge is 2.05. The van der Waals surface area contributed by atoms with E-state index < -0.39 is 0 Å². The van der Waals surface area contributed by atoms with Gasteiger partial charge in [-0.05, 0) is 36.7 Å². The molecular formula is C17H30N2O. The van der Waals surface area contributed by atoms with Gasteiger partial charge in [-0.3, -0.25) is 4.90 Å². The van der Waals surface area contributed by atoms with Crippen molar-refractivity contribution in [1.82, 2.24) is 10.2 Å². The lowest BCUT2D eigenvalue weighted by atomic mass is 10.2. The molecule has 0 aliphatic rings. The summed E-state index contributed by atoms with van der Waals surface area (Å²) in [5.41, 5.74) is 1.30. The van der Waals surface area contributed by atoms with Crippen molar-refractivity contribution >= 4 is 0 Å². The van der Waals surface area contributed by atoms with Gasteiger partial charge in [-0.25, -0.2) is 0 Å². The Labute approximate surface area is 124 Å². The number of benzene rings is 1. The molecule has 3 nitrogen and oxygen atoms in total. The third-order valence-electron chi connectivity index (χ3n) is 3.25. The van der Waals surface area contributed by atoms with Crippen LogP contribution in [0.5, 0.6) is 5.75 Å². The number of hydrogen-bond donors (Lipinski definition) is 1. The molecule has 0 aromatic heterocycles. The van der Waals surface area contributed by atoms with Crippen LogP contribution in [0.2, 0.25) is 0 Å². The second kappa shape index (κ2) is 9.78. The van der Waals surface area contributed by atoms with Gasteiger partial charge < -0.3 is 10.1 Å². The Morgan fingerprint density at radius 1 is 1.15 bits per heavy atom. The van der Waals surface area contributed by atoms with Gasteiger partial charge in [0.1, 0.15) is 12.4 Å². The highest BCUT2D eigenvalue weighted by atomic mass is 16.5. The Kier molecular flexibility index (Phi) is 8.31. The van der Waals surface area contributed by atoms with Crippen LogP contribution in [-0.2, 0) is 6.54 Å². The Hall–Kier alpha value is -1.06. The monoisotopic (exact) mass is 278 g/mol. The molecule has 0 aliphatic carbocycles. The van der Waals surface area contributed by atoms with Gasteiger partial charge in [0, 0.05) is 19.6 Å². The lowest BCUT2D eigenvalue weighted by Gasteiger charge is -2.22. The zero-order valence-electron chi connectivity index (χ0n) is 13.5. The van der Waals surface area contributed by atoms with Crippen LogP contribution in [0.4, 0.5) is 0 Å². The van der Waals surface area contributed by atoms with Crippen molar-refractivity contribution in [2.75, 3.05) is 32.8 Å². The molecule has 114 valence electrons. The summed E-state index contributed by atoms with van der Waals surface area (Å²) in [7, 11) is 0. The molecule has 0 spiro atoms. The van der Waals surface area contributed by atoms with E-state index in [-0.39, 0.29) is 0 Å². The number of ether oxygens (including phenoxy) is 1. The summed E-state index contributed by atoms with van der Waals surface area (Å²) in [6.45, 7) is 14.7. The quantitative estimate of drug-likeness (QED) is 0.711. The minimum Gasteiger partial charge on any atom is -0.492 e. The fraction of sp³-hybridized carbons (Fsp3) is 0.647. The summed E-state index contributed by atoms with van der Waals surface area (Å²) >= 11 is 0. The van der Waals surface area contributed by atoms with Crippen molar-refractivity contribution < 1.29 is 4.74 Å². The number of likely N-dealkylation sites (N-methyl/N-ethyl adjacent to an activating group) is 1. The van der Waals surface area contributed by atoms with E-state index in [4.69, 9.17) is 4.74 Å². The molecule has 0 saturated heterocycles. The average Bonchev–Trinajstić information content (AvgIpc) is 2.45. The van der Waals surface area contributed by atoms with Gasteiger partial charge in [-0.1, -0.05) is 39.8 Å². The Bertz CT molecular complexity index is 349. The second-order valence-electron chi connectivity index (χ2n) is 5.56. The molecule has 20 heavy (non-hydrogen) atoms. The first-order valence-electron chi connectivity index (χ1n) is 7.80. The van der Waals surface area contributed by atoms with Gasteiger partial charge in [-0.15, -0.1) is 0 Å². The molecule has 0 radical (unpaired) electrons. The average molecular weight is 278 g/mol. The van der Waals surface area contributed by atoms with Crippen LogP contribution < -0.4 is 10.1 Å². The zero-order valence-corrected chi connectivity index (χ0v) is 13.5. The molecule has 0 atom stereocenters. The van der Waals surface area contributed by atoms with Gasteiger partial charge in [-0.2, -0.15) is 0 Å². The molecule has 0 unspecified atom stereocenters. The molecule has 1 aromatic rings. The van der Waals surface area contributed by atoms with Crippen molar-refractivity contribution in [3.05, 3.63) is 29.8 Å². The third kappa shape index (κ3) is 6.92. The van der Waals surface area contributed by atoms with E-state index >= 15 is 0 Å². The molecule has 0 heterocycles. The summed E-state index contributed by atoms with van der Waals surface area (Å²) in [6.07, 6.45) is 0. The molecule has 0 bridgehead atoms. The van der Waals surface area contributed by atoms with Crippen LogP contribution in [-0.4, -0.2) is 37.7 Å². The van der Waals surface area contributed by atoms with E-state index in [0.717, 1.165) is 45.1 Å². The summed E-state index contributed by atoms with van der Waals surface area (Å²) in [4.78, 5) is 2.43. The van der Waals surface area contributed by atoms with Gasteiger partial charge >= 0.3 is 0 Å². The Morgan fingerprint density at radius 2 is 1.85 bits per heavy atom. The van der Waals surface area contributed by atoms with Gasteiger partial charge in [0.2, 0.25) is 0 Å². The van der Waals surface area contributed by atoms with Crippen molar-refractivity contribution in [2.45, 2.75) is 34.2 Å². The molecule has 1 N–H and O–H groups in total. The van der Waals surface area contributed by atoms with E-state index in [1.807, 2.05) is 0 Å². The van der Waals surface area contributed by atoms with E-state index in [1.54, 1.807) is 0 Å². The molecule has 3 heteroatoms. The van der Waals surface area contributed by atoms with Crippen molar-refractivity contribution in [2.24, 2.45) is 5.92 Å². The maximum Gasteiger partial charge on any atom is 0.119 e.